The number of carbonyl (C=O) groups excluding carboxylic acids is 1. The van der Waals surface area contributed by atoms with E-state index < -0.39 is 13.7 Å². The smallest absolute Gasteiger partial charge is 0.410 e. The summed E-state index contributed by atoms with van der Waals surface area (Å²) >= 11 is 0. The van der Waals surface area contributed by atoms with Crippen LogP contribution in [-0.2, 0) is 16.2 Å². The number of hydrogen-bond acceptors (Lipinski definition) is 8. The van der Waals surface area contributed by atoms with E-state index in [1.807, 2.05) is 48.5 Å². The van der Waals surface area contributed by atoms with Crippen LogP contribution in [0.15, 0.2) is 31.0 Å². The quantitative estimate of drug-likeness (QED) is 0.243. The lowest BCUT2D eigenvalue weighted by Crippen LogP contribution is -2.39. The Kier molecular flexibility index (Phi) is 9.83. The van der Waals surface area contributed by atoms with Gasteiger partial charge in [0.05, 0.1) is 30.4 Å². The predicted molar refractivity (Wildman–Crippen MR) is 161 cm³/mol. The lowest BCUT2D eigenvalue weighted by molar-refractivity contribution is 0.0257. The van der Waals surface area contributed by atoms with Gasteiger partial charge in [-0.15, -0.1) is 0 Å². The van der Waals surface area contributed by atoms with E-state index in [1.165, 1.54) is 0 Å². The molecule has 0 aromatic carbocycles. The Labute approximate surface area is 244 Å². The highest BCUT2D eigenvalue weighted by molar-refractivity contribution is 6.76. The first-order valence-electron chi connectivity index (χ1n) is 14.4. The highest BCUT2D eigenvalue weighted by atomic mass is 28.3. The number of hydrogen-bond donors (Lipinski definition) is 0. The van der Waals surface area contributed by atoms with Crippen molar-refractivity contribution in [2.45, 2.75) is 77.7 Å². The van der Waals surface area contributed by atoms with Crippen LogP contribution in [0, 0.1) is 11.3 Å². The molecule has 0 saturated carbocycles. The third kappa shape index (κ3) is 8.61. The van der Waals surface area contributed by atoms with E-state index in [1.54, 1.807) is 17.4 Å². The molecule has 0 spiro atoms. The van der Waals surface area contributed by atoms with Gasteiger partial charge in [0.2, 0.25) is 0 Å². The molecule has 11 nitrogen and oxygen atoms in total. The molecule has 1 aliphatic heterocycles. The van der Waals surface area contributed by atoms with Crippen LogP contribution in [0.1, 0.15) is 39.7 Å². The molecule has 1 unspecified atom stereocenters. The van der Waals surface area contributed by atoms with Crippen LogP contribution in [0.4, 0.5) is 4.79 Å². The van der Waals surface area contributed by atoms with Crippen molar-refractivity contribution in [3.8, 4) is 17.3 Å². The van der Waals surface area contributed by atoms with Gasteiger partial charge in [0, 0.05) is 64.2 Å². The first-order valence-corrected chi connectivity index (χ1v) is 18.1. The highest BCUT2D eigenvalue weighted by Crippen LogP contribution is 2.27. The first-order chi connectivity index (χ1) is 19.4. The van der Waals surface area contributed by atoms with Gasteiger partial charge in [-0.2, -0.15) is 10.4 Å². The second-order valence-corrected chi connectivity index (χ2v) is 18.6. The van der Waals surface area contributed by atoms with Gasteiger partial charge in [-0.1, -0.05) is 19.6 Å². The lowest BCUT2D eigenvalue weighted by atomic mass is 10.1. The molecule has 12 heteroatoms. The first kappa shape index (κ1) is 30.7. The van der Waals surface area contributed by atoms with Crippen LogP contribution >= 0.6 is 0 Å². The van der Waals surface area contributed by atoms with Crippen LogP contribution in [0.3, 0.4) is 0 Å². The Morgan fingerprint density at radius 1 is 1.17 bits per heavy atom. The van der Waals surface area contributed by atoms with Crippen LogP contribution in [0.25, 0.3) is 22.3 Å². The Bertz CT molecular complexity index is 1350. The Balaban J connectivity index is 1.43. The molecule has 3 aromatic heterocycles. The second kappa shape index (κ2) is 13.1. The molecule has 0 radical (unpaired) electrons. The standard InChI is InChI=1S/C29H44N8O3Si/c1-29(2,3)40-28(38)35-12-7-11-34(14-15-35)20-24(8-10-30)37-19-23(18-33-37)26-25-9-13-36(27(25)32-21-31-26)22-39-16-17-41(4,5)6/h9,13,18-19,21,24H,7-8,11-12,14-17,20,22H2,1-6H3. The summed E-state index contributed by atoms with van der Waals surface area (Å²) in [7, 11) is -1.14. The van der Waals surface area contributed by atoms with E-state index in [0.717, 1.165) is 54.5 Å². The van der Waals surface area contributed by atoms with Crippen molar-refractivity contribution >= 4 is 25.2 Å². The number of rotatable bonds is 10. The molecule has 1 aliphatic rings. The summed E-state index contributed by atoms with van der Waals surface area (Å²) in [5.41, 5.74) is 1.99. The average Bonchev–Trinajstić information content (AvgIpc) is 3.47. The van der Waals surface area contributed by atoms with Gasteiger partial charge in [0.1, 0.15) is 24.3 Å². The maximum atomic E-state index is 12.6. The molecule has 0 N–H and O–H groups in total. The predicted octanol–water partition coefficient (Wildman–Crippen LogP) is 5.00. The van der Waals surface area contributed by atoms with Crippen LogP contribution < -0.4 is 0 Å². The van der Waals surface area contributed by atoms with E-state index in [0.29, 0.717) is 32.8 Å². The summed E-state index contributed by atoms with van der Waals surface area (Å²) in [4.78, 5) is 25.7. The fourth-order valence-electron chi connectivity index (χ4n) is 4.85. The maximum absolute atomic E-state index is 12.6. The lowest BCUT2D eigenvalue weighted by Gasteiger charge is -2.27. The van der Waals surface area contributed by atoms with Gasteiger partial charge in [0.15, 0.2) is 0 Å². The Hall–Kier alpha value is -3.27. The molecular weight excluding hydrogens is 536 g/mol. The SMILES string of the molecule is CC(C)(C)OC(=O)N1CCCN(CC(CC#N)n2cc(-c3ncnc4c3ccn4COCC[Si](C)(C)C)cn2)CC1. The minimum Gasteiger partial charge on any atom is -0.444 e. The van der Waals surface area contributed by atoms with Gasteiger partial charge in [-0.3, -0.25) is 9.58 Å². The van der Waals surface area contributed by atoms with E-state index in [-0.39, 0.29) is 12.1 Å². The average molecular weight is 581 g/mol. The minimum absolute atomic E-state index is 0.122. The monoisotopic (exact) mass is 580 g/mol. The summed E-state index contributed by atoms with van der Waals surface area (Å²) in [6, 6.07) is 5.34. The third-order valence-corrected chi connectivity index (χ3v) is 8.77. The topological polar surface area (TPSA) is 114 Å². The summed E-state index contributed by atoms with van der Waals surface area (Å²) in [5, 5.41) is 15.2. The largest absolute Gasteiger partial charge is 0.444 e. The number of aromatic nitrogens is 5. The van der Waals surface area contributed by atoms with Crippen molar-refractivity contribution in [2.75, 3.05) is 39.3 Å². The van der Waals surface area contributed by atoms with Gasteiger partial charge < -0.3 is 18.9 Å². The normalized spacial score (nSPS) is 16.0. The number of carbonyl (C=O) groups is 1. The van der Waals surface area contributed by atoms with Crippen molar-refractivity contribution in [1.82, 2.24) is 34.1 Å². The van der Waals surface area contributed by atoms with Gasteiger partial charge in [-0.25, -0.2) is 14.8 Å². The maximum Gasteiger partial charge on any atom is 0.410 e. The Morgan fingerprint density at radius 2 is 1.98 bits per heavy atom. The molecule has 1 fully saturated rings. The molecule has 0 aliphatic carbocycles. The van der Waals surface area contributed by atoms with Gasteiger partial charge in [-0.05, 0) is 45.8 Å². The number of nitrogens with zero attached hydrogens (tertiary/aromatic N) is 8. The Morgan fingerprint density at radius 3 is 2.71 bits per heavy atom. The zero-order valence-electron chi connectivity index (χ0n) is 25.3. The van der Waals surface area contributed by atoms with E-state index >= 15 is 0 Å². The molecular formula is C29H44N8O3Si. The fourth-order valence-corrected chi connectivity index (χ4v) is 5.60. The summed E-state index contributed by atoms with van der Waals surface area (Å²) in [5.74, 6) is 0. The van der Waals surface area contributed by atoms with E-state index in [4.69, 9.17) is 9.47 Å². The van der Waals surface area contributed by atoms with Crippen molar-refractivity contribution in [3.63, 3.8) is 0 Å². The number of fused-ring (bicyclic) bond motifs is 1. The number of ether oxygens (including phenoxy) is 2. The highest BCUT2D eigenvalue weighted by Gasteiger charge is 2.26. The molecule has 41 heavy (non-hydrogen) atoms. The molecule has 3 aromatic rings. The van der Waals surface area contributed by atoms with Crippen molar-refractivity contribution in [1.29, 1.82) is 5.26 Å². The van der Waals surface area contributed by atoms with Gasteiger partial charge in [0.25, 0.3) is 0 Å². The zero-order chi connectivity index (χ0) is 29.6. The molecule has 0 bridgehead atoms. The second-order valence-electron chi connectivity index (χ2n) is 12.9. The van der Waals surface area contributed by atoms with Crippen molar-refractivity contribution in [3.05, 3.63) is 31.0 Å². The number of amides is 1. The van der Waals surface area contributed by atoms with Crippen molar-refractivity contribution in [2.24, 2.45) is 0 Å². The van der Waals surface area contributed by atoms with E-state index in [2.05, 4.69) is 45.7 Å². The summed E-state index contributed by atoms with van der Waals surface area (Å²) < 4.78 is 15.4. The molecule has 222 valence electrons. The fraction of sp³-hybridized carbons (Fsp3) is 0.621. The van der Waals surface area contributed by atoms with Crippen molar-refractivity contribution < 1.29 is 14.3 Å². The number of nitriles is 1. The van der Waals surface area contributed by atoms with Crippen LogP contribution in [0.2, 0.25) is 25.7 Å². The molecule has 1 saturated heterocycles. The molecule has 1 atom stereocenters. The van der Waals surface area contributed by atoms with Gasteiger partial charge >= 0.3 is 6.09 Å². The molecule has 4 heterocycles. The summed E-state index contributed by atoms with van der Waals surface area (Å²) in [6.07, 6.45) is 8.25. The van der Waals surface area contributed by atoms with E-state index in [9.17, 15) is 10.1 Å². The zero-order valence-corrected chi connectivity index (χ0v) is 26.3. The third-order valence-electron chi connectivity index (χ3n) is 7.07. The van der Waals surface area contributed by atoms with Crippen LogP contribution in [-0.4, -0.2) is 93.2 Å². The molecule has 4 rings (SSSR count). The minimum atomic E-state index is -1.14. The summed E-state index contributed by atoms with van der Waals surface area (Å²) in [6.45, 7) is 17.4. The van der Waals surface area contributed by atoms with Crippen LogP contribution in [0.5, 0.6) is 0 Å². The molecule has 1 amide bonds.